The molecule has 1 aliphatic rings. The zero-order valence-corrected chi connectivity index (χ0v) is 13.5. The molecule has 2 N–H and O–H groups in total. The zero-order chi connectivity index (χ0) is 15.9. The maximum atomic E-state index is 11.9. The standard InChI is InChI=1S/C15H21N3O3S/c1-2-3-4-5-11-12(10-16)15(18-6-8-21-9-7-18)22-13(11)14(19)17-20/h20H,2-9H2,1H3,(H,17,19). The first-order chi connectivity index (χ1) is 10.7. The Hall–Kier alpha value is -1.62. The maximum Gasteiger partial charge on any atom is 0.285 e. The second-order valence-electron chi connectivity index (χ2n) is 5.20. The van der Waals surface area contributed by atoms with E-state index in [1.807, 2.05) is 0 Å². The molecule has 120 valence electrons. The summed E-state index contributed by atoms with van der Waals surface area (Å²) in [5, 5.41) is 19.3. The van der Waals surface area contributed by atoms with Gasteiger partial charge in [-0.25, -0.2) is 5.48 Å². The van der Waals surface area contributed by atoms with Crippen molar-refractivity contribution in [3.8, 4) is 6.07 Å². The Bertz CT molecular complexity index is 559. The van der Waals surface area contributed by atoms with E-state index in [2.05, 4.69) is 17.9 Å². The van der Waals surface area contributed by atoms with Crippen LogP contribution in [0.1, 0.15) is 47.0 Å². The summed E-state index contributed by atoms with van der Waals surface area (Å²) in [4.78, 5) is 14.5. The lowest BCUT2D eigenvalue weighted by atomic mass is 10.0. The lowest BCUT2D eigenvalue weighted by Crippen LogP contribution is -2.36. The third-order valence-electron chi connectivity index (χ3n) is 3.74. The Morgan fingerprint density at radius 3 is 2.77 bits per heavy atom. The normalized spacial score (nSPS) is 14.7. The number of hydrogen-bond donors (Lipinski definition) is 2. The molecule has 6 nitrogen and oxygen atoms in total. The summed E-state index contributed by atoms with van der Waals surface area (Å²) in [6.07, 6.45) is 3.73. The van der Waals surface area contributed by atoms with Crippen LogP contribution in [0.5, 0.6) is 0 Å². The van der Waals surface area contributed by atoms with Crippen molar-refractivity contribution in [3.05, 3.63) is 16.0 Å². The third-order valence-corrected chi connectivity index (χ3v) is 5.03. The summed E-state index contributed by atoms with van der Waals surface area (Å²) < 4.78 is 5.34. The predicted molar refractivity (Wildman–Crippen MR) is 84.5 cm³/mol. The number of nitrogens with one attached hydrogen (secondary N) is 1. The van der Waals surface area contributed by atoms with Gasteiger partial charge >= 0.3 is 0 Å². The van der Waals surface area contributed by atoms with Crippen LogP contribution in [0.15, 0.2) is 0 Å². The van der Waals surface area contributed by atoms with Gasteiger partial charge in [0, 0.05) is 13.1 Å². The lowest BCUT2D eigenvalue weighted by molar-refractivity contribution is 0.0710. The number of unbranched alkanes of at least 4 members (excludes halogenated alkanes) is 2. The first-order valence-electron chi connectivity index (χ1n) is 7.55. The van der Waals surface area contributed by atoms with Crippen molar-refractivity contribution >= 4 is 22.2 Å². The molecule has 1 fully saturated rings. The van der Waals surface area contributed by atoms with E-state index in [-0.39, 0.29) is 0 Å². The van der Waals surface area contributed by atoms with Gasteiger partial charge in [-0.3, -0.25) is 10.0 Å². The van der Waals surface area contributed by atoms with Gasteiger partial charge in [0.05, 0.1) is 18.8 Å². The topological polar surface area (TPSA) is 85.6 Å². The van der Waals surface area contributed by atoms with Gasteiger partial charge in [-0.15, -0.1) is 11.3 Å². The predicted octanol–water partition coefficient (Wildman–Crippen LogP) is 2.31. The van der Waals surface area contributed by atoms with E-state index in [0.29, 0.717) is 43.2 Å². The minimum atomic E-state index is -0.535. The highest BCUT2D eigenvalue weighted by atomic mass is 32.1. The number of amides is 1. The fourth-order valence-electron chi connectivity index (χ4n) is 2.58. The summed E-state index contributed by atoms with van der Waals surface area (Å²) in [7, 11) is 0. The van der Waals surface area contributed by atoms with Gasteiger partial charge in [-0.2, -0.15) is 5.26 Å². The van der Waals surface area contributed by atoms with Crippen molar-refractivity contribution < 1.29 is 14.7 Å². The number of ether oxygens (including phenoxy) is 1. The SMILES string of the molecule is CCCCCc1c(C(=O)NO)sc(N2CCOCC2)c1C#N. The third kappa shape index (κ3) is 3.58. The van der Waals surface area contributed by atoms with Gasteiger partial charge in [0.25, 0.3) is 5.91 Å². The number of carbonyl (C=O) groups excluding carboxylic acids is 1. The molecule has 2 heterocycles. The van der Waals surface area contributed by atoms with E-state index in [4.69, 9.17) is 9.94 Å². The molecule has 7 heteroatoms. The lowest BCUT2D eigenvalue weighted by Gasteiger charge is -2.27. The van der Waals surface area contributed by atoms with Crippen molar-refractivity contribution in [2.75, 3.05) is 31.2 Å². The van der Waals surface area contributed by atoms with Crippen LogP contribution in [-0.2, 0) is 11.2 Å². The van der Waals surface area contributed by atoms with Crippen molar-refractivity contribution in [1.29, 1.82) is 5.26 Å². The number of nitrogens with zero attached hydrogens (tertiary/aromatic N) is 2. The van der Waals surface area contributed by atoms with Crippen LogP contribution in [0.3, 0.4) is 0 Å². The molecule has 0 spiro atoms. The summed E-state index contributed by atoms with van der Waals surface area (Å²) >= 11 is 1.28. The van der Waals surface area contributed by atoms with Crippen LogP contribution in [0, 0.1) is 11.3 Å². The molecule has 1 amide bonds. The molecule has 1 aromatic rings. The van der Waals surface area contributed by atoms with Crippen LogP contribution < -0.4 is 10.4 Å². The molecular weight excluding hydrogens is 302 g/mol. The van der Waals surface area contributed by atoms with Crippen LogP contribution >= 0.6 is 11.3 Å². The number of hydroxylamine groups is 1. The minimum Gasteiger partial charge on any atom is -0.378 e. The smallest absolute Gasteiger partial charge is 0.285 e. The monoisotopic (exact) mass is 323 g/mol. The molecule has 0 saturated carbocycles. The number of rotatable bonds is 6. The minimum absolute atomic E-state index is 0.441. The average molecular weight is 323 g/mol. The van der Waals surface area contributed by atoms with Crippen molar-refractivity contribution in [2.45, 2.75) is 32.6 Å². The largest absolute Gasteiger partial charge is 0.378 e. The highest BCUT2D eigenvalue weighted by Crippen LogP contribution is 2.37. The van der Waals surface area contributed by atoms with E-state index in [1.54, 1.807) is 5.48 Å². The van der Waals surface area contributed by atoms with E-state index in [0.717, 1.165) is 29.8 Å². The molecular formula is C15H21N3O3S. The molecule has 22 heavy (non-hydrogen) atoms. The quantitative estimate of drug-likeness (QED) is 0.477. The van der Waals surface area contributed by atoms with Gasteiger partial charge in [0.2, 0.25) is 0 Å². The second-order valence-corrected chi connectivity index (χ2v) is 6.20. The molecule has 2 rings (SSSR count). The van der Waals surface area contributed by atoms with Gasteiger partial charge < -0.3 is 9.64 Å². The van der Waals surface area contributed by atoms with Crippen LogP contribution in [0.25, 0.3) is 0 Å². The first kappa shape index (κ1) is 16.7. The molecule has 0 unspecified atom stereocenters. The average Bonchev–Trinajstić information content (AvgIpc) is 2.93. The Morgan fingerprint density at radius 1 is 1.45 bits per heavy atom. The summed E-state index contributed by atoms with van der Waals surface area (Å²) in [6.45, 7) is 4.78. The van der Waals surface area contributed by atoms with E-state index >= 15 is 0 Å². The molecule has 0 aliphatic carbocycles. The zero-order valence-electron chi connectivity index (χ0n) is 12.7. The van der Waals surface area contributed by atoms with Gasteiger partial charge in [-0.05, 0) is 18.4 Å². The van der Waals surface area contributed by atoms with E-state index in [1.165, 1.54) is 11.3 Å². The Kier molecular flexibility index (Phi) is 6.19. The molecule has 1 aliphatic heterocycles. The Labute approximate surface area is 134 Å². The summed E-state index contributed by atoms with van der Waals surface area (Å²) in [6, 6.07) is 2.25. The fraction of sp³-hybridized carbons (Fsp3) is 0.600. The van der Waals surface area contributed by atoms with Crippen molar-refractivity contribution in [3.63, 3.8) is 0 Å². The Morgan fingerprint density at radius 2 is 2.18 bits per heavy atom. The molecule has 0 atom stereocenters. The van der Waals surface area contributed by atoms with Crippen molar-refractivity contribution in [1.82, 2.24) is 5.48 Å². The molecule has 0 bridgehead atoms. The molecule has 1 saturated heterocycles. The molecule has 1 aromatic heterocycles. The number of anilines is 1. The van der Waals surface area contributed by atoms with Crippen LogP contribution in [-0.4, -0.2) is 37.4 Å². The highest BCUT2D eigenvalue weighted by Gasteiger charge is 2.26. The molecule has 0 aromatic carbocycles. The number of hydrogen-bond acceptors (Lipinski definition) is 6. The van der Waals surface area contributed by atoms with E-state index in [9.17, 15) is 10.1 Å². The first-order valence-corrected chi connectivity index (χ1v) is 8.37. The summed E-state index contributed by atoms with van der Waals surface area (Å²) in [5.41, 5.74) is 3.03. The van der Waals surface area contributed by atoms with Crippen molar-refractivity contribution in [2.24, 2.45) is 0 Å². The summed E-state index contributed by atoms with van der Waals surface area (Å²) in [5.74, 6) is -0.535. The van der Waals surface area contributed by atoms with Gasteiger partial charge in [0.1, 0.15) is 15.9 Å². The Balaban J connectivity index is 2.36. The number of carbonyl (C=O) groups is 1. The van der Waals surface area contributed by atoms with Gasteiger partial charge in [0.15, 0.2) is 0 Å². The number of nitriles is 1. The number of thiophene rings is 1. The fourth-order valence-corrected chi connectivity index (χ4v) is 3.82. The second kappa shape index (κ2) is 8.13. The maximum absolute atomic E-state index is 11.9. The number of morpholine rings is 1. The van der Waals surface area contributed by atoms with E-state index < -0.39 is 5.91 Å². The highest BCUT2D eigenvalue weighted by molar-refractivity contribution is 7.18. The van der Waals surface area contributed by atoms with Crippen LogP contribution in [0.2, 0.25) is 0 Å². The van der Waals surface area contributed by atoms with Gasteiger partial charge in [-0.1, -0.05) is 19.8 Å². The molecule has 0 radical (unpaired) electrons. The van der Waals surface area contributed by atoms with Crippen LogP contribution in [0.4, 0.5) is 5.00 Å².